The van der Waals surface area contributed by atoms with Crippen LogP contribution in [0.4, 0.5) is 18.9 Å². The molecule has 6 nitrogen and oxygen atoms in total. The van der Waals surface area contributed by atoms with Gasteiger partial charge >= 0.3 is 0 Å². The summed E-state index contributed by atoms with van der Waals surface area (Å²) in [6, 6.07) is 15.9. The SMILES string of the molecule is O=C(C[C@H]1SC(N2N=C(c3ccc(F)cc3)C[C@H]2c2cccc(Cl)c2)=NC1=O)Nc1ccc(F)c(F)c1. The van der Waals surface area contributed by atoms with Crippen molar-refractivity contribution in [3.8, 4) is 0 Å². The molecular weight excluding hydrogens is 525 g/mol. The van der Waals surface area contributed by atoms with Gasteiger partial charge in [0.2, 0.25) is 5.91 Å². The van der Waals surface area contributed by atoms with Crippen LogP contribution >= 0.6 is 23.4 Å². The van der Waals surface area contributed by atoms with E-state index in [4.69, 9.17) is 16.7 Å². The summed E-state index contributed by atoms with van der Waals surface area (Å²) in [6.07, 6.45) is 0.237. The number of rotatable bonds is 5. The van der Waals surface area contributed by atoms with Gasteiger partial charge in [-0.25, -0.2) is 18.2 Å². The molecule has 0 radical (unpaired) electrons. The monoisotopic (exact) mass is 542 g/mol. The quantitative estimate of drug-likeness (QED) is 0.433. The Bertz CT molecular complexity index is 1450. The Labute approximate surface area is 219 Å². The van der Waals surface area contributed by atoms with Crippen LogP contribution in [0.25, 0.3) is 0 Å². The van der Waals surface area contributed by atoms with Crippen molar-refractivity contribution in [3.63, 3.8) is 0 Å². The predicted octanol–water partition coefficient (Wildman–Crippen LogP) is 5.94. The lowest BCUT2D eigenvalue weighted by Gasteiger charge is -2.23. The van der Waals surface area contributed by atoms with Crippen LogP contribution in [0.3, 0.4) is 0 Å². The number of amidine groups is 1. The second-order valence-electron chi connectivity index (χ2n) is 8.39. The molecule has 2 aliphatic rings. The van der Waals surface area contributed by atoms with E-state index in [0.717, 1.165) is 35.0 Å². The van der Waals surface area contributed by atoms with Gasteiger partial charge < -0.3 is 5.32 Å². The van der Waals surface area contributed by atoms with Gasteiger partial charge in [0.15, 0.2) is 16.8 Å². The van der Waals surface area contributed by atoms with E-state index in [9.17, 15) is 22.8 Å². The molecule has 0 fully saturated rings. The molecule has 0 aromatic heterocycles. The molecular formula is C26H18ClF3N4O2S. The summed E-state index contributed by atoms with van der Waals surface area (Å²) in [4.78, 5) is 29.3. The standard InChI is InChI=1S/C26H18ClF3N4O2S/c27-16-3-1-2-15(10-16)22-12-21(14-4-6-17(28)7-5-14)33-34(22)26-32-25(36)23(37-26)13-24(35)31-18-8-9-19(29)20(30)11-18/h1-11,22-23H,12-13H2,(H,31,35)/t22-,23+/m0/s1. The van der Waals surface area contributed by atoms with E-state index < -0.39 is 28.7 Å². The number of nitrogens with zero attached hydrogens (tertiary/aromatic N) is 3. The summed E-state index contributed by atoms with van der Waals surface area (Å²) >= 11 is 7.31. The third-order valence-electron chi connectivity index (χ3n) is 5.82. The average Bonchev–Trinajstić information content (AvgIpc) is 3.46. The summed E-state index contributed by atoms with van der Waals surface area (Å²) < 4.78 is 40.0. The smallest absolute Gasteiger partial charge is 0.262 e. The Kier molecular flexibility index (Phi) is 7.03. The van der Waals surface area contributed by atoms with Gasteiger partial charge in [-0.2, -0.15) is 10.1 Å². The number of hydrazone groups is 1. The normalized spacial score (nSPS) is 19.1. The number of carbonyl (C=O) groups is 2. The van der Waals surface area contributed by atoms with Crippen molar-refractivity contribution in [1.29, 1.82) is 0 Å². The number of aliphatic imine (C=N–C) groups is 1. The third-order valence-corrected chi connectivity index (χ3v) is 7.20. The highest BCUT2D eigenvalue weighted by molar-refractivity contribution is 8.15. The van der Waals surface area contributed by atoms with Gasteiger partial charge in [-0.3, -0.25) is 9.59 Å². The lowest BCUT2D eigenvalue weighted by atomic mass is 9.98. The molecule has 2 aliphatic heterocycles. The Hall–Kier alpha value is -3.63. The molecule has 0 bridgehead atoms. The highest BCUT2D eigenvalue weighted by Crippen LogP contribution is 2.39. The summed E-state index contributed by atoms with van der Waals surface area (Å²) in [7, 11) is 0. The molecule has 2 atom stereocenters. The predicted molar refractivity (Wildman–Crippen MR) is 137 cm³/mol. The number of benzene rings is 3. The molecule has 5 rings (SSSR count). The minimum atomic E-state index is -1.09. The van der Waals surface area contributed by atoms with Crippen molar-refractivity contribution in [2.75, 3.05) is 5.32 Å². The molecule has 3 aromatic carbocycles. The van der Waals surface area contributed by atoms with Gasteiger partial charge in [-0.1, -0.05) is 47.6 Å². The Morgan fingerprint density at radius 2 is 1.84 bits per heavy atom. The first-order valence-electron chi connectivity index (χ1n) is 11.2. The minimum absolute atomic E-state index is 0.0783. The maximum atomic E-state index is 13.5. The van der Waals surface area contributed by atoms with Gasteiger partial charge in [0.05, 0.1) is 11.8 Å². The van der Waals surface area contributed by atoms with Gasteiger partial charge in [0.1, 0.15) is 11.1 Å². The van der Waals surface area contributed by atoms with Crippen molar-refractivity contribution < 1.29 is 22.8 Å². The molecule has 3 aromatic rings. The second kappa shape index (κ2) is 10.4. The fourth-order valence-electron chi connectivity index (χ4n) is 4.04. The topological polar surface area (TPSA) is 74.1 Å². The van der Waals surface area contributed by atoms with Crippen LogP contribution in [0.1, 0.15) is 30.0 Å². The highest BCUT2D eigenvalue weighted by Gasteiger charge is 2.39. The van der Waals surface area contributed by atoms with Gasteiger partial charge in [-0.05, 0) is 47.5 Å². The number of thioether (sulfide) groups is 1. The molecule has 1 N–H and O–H groups in total. The van der Waals surface area contributed by atoms with E-state index in [2.05, 4.69) is 10.3 Å². The summed E-state index contributed by atoms with van der Waals surface area (Å²) in [5.74, 6) is -3.53. The number of anilines is 1. The van der Waals surface area contributed by atoms with Crippen molar-refractivity contribution in [3.05, 3.63) is 100 Å². The Morgan fingerprint density at radius 1 is 1.05 bits per heavy atom. The molecule has 2 heterocycles. The zero-order valence-corrected chi connectivity index (χ0v) is 20.6. The van der Waals surface area contributed by atoms with Crippen LogP contribution < -0.4 is 5.32 Å². The van der Waals surface area contributed by atoms with E-state index >= 15 is 0 Å². The van der Waals surface area contributed by atoms with E-state index in [-0.39, 0.29) is 24.0 Å². The van der Waals surface area contributed by atoms with Crippen molar-refractivity contribution in [1.82, 2.24) is 5.01 Å². The maximum absolute atomic E-state index is 13.5. The van der Waals surface area contributed by atoms with Crippen LogP contribution in [0, 0.1) is 17.5 Å². The van der Waals surface area contributed by atoms with Gasteiger partial charge in [-0.15, -0.1) is 0 Å². The summed E-state index contributed by atoms with van der Waals surface area (Å²) in [5, 5.41) is 8.83. The van der Waals surface area contributed by atoms with Crippen molar-refractivity contribution in [2.45, 2.75) is 24.1 Å². The van der Waals surface area contributed by atoms with E-state index in [0.29, 0.717) is 22.3 Å². The third kappa shape index (κ3) is 5.55. The first-order chi connectivity index (χ1) is 17.8. The zero-order chi connectivity index (χ0) is 26.1. The van der Waals surface area contributed by atoms with Gasteiger partial charge in [0, 0.05) is 29.6 Å². The fourth-order valence-corrected chi connectivity index (χ4v) is 5.30. The molecule has 2 amide bonds. The van der Waals surface area contributed by atoms with Crippen LogP contribution in [0.15, 0.2) is 76.8 Å². The molecule has 37 heavy (non-hydrogen) atoms. The molecule has 11 heteroatoms. The molecule has 0 aliphatic carbocycles. The van der Waals surface area contributed by atoms with Crippen LogP contribution in [0.5, 0.6) is 0 Å². The molecule has 0 saturated heterocycles. The molecule has 0 unspecified atom stereocenters. The van der Waals surface area contributed by atoms with Crippen LogP contribution in [-0.4, -0.2) is 33.0 Å². The van der Waals surface area contributed by atoms with E-state index in [1.807, 2.05) is 12.1 Å². The largest absolute Gasteiger partial charge is 0.326 e. The number of nitrogens with one attached hydrogen (secondary N) is 1. The van der Waals surface area contributed by atoms with E-state index in [1.54, 1.807) is 29.3 Å². The average molecular weight is 543 g/mol. The zero-order valence-electron chi connectivity index (χ0n) is 19.0. The van der Waals surface area contributed by atoms with Crippen molar-refractivity contribution in [2.24, 2.45) is 10.1 Å². The lowest BCUT2D eigenvalue weighted by Crippen LogP contribution is -2.25. The molecule has 0 saturated carbocycles. The number of hydrogen-bond donors (Lipinski definition) is 1. The van der Waals surface area contributed by atoms with Gasteiger partial charge in [0.25, 0.3) is 5.91 Å². The Balaban J connectivity index is 1.35. The van der Waals surface area contributed by atoms with Crippen molar-refractivity contribution >= 4 is 51.7 Å². The van der Waals surface area contributed by atoms with E-state index in [1.165, 1.54) is 18.2 Å². The number of amides is 2. The number of carbonyl (C=O) groups excluding carboxylic acids is 2. The fraction of sp³-hybridized carbons (Fsp3) is 0.154. The highest BCUT2D eigenvalue weighted by atomic mass is 35.5. The number of hydrogen-bond acceptors (Lipinski definition) is 5. The molecule has 188 valence electrons. The van der Waals surface area contributed by atoms with Crippen LogP contribution in [0.2, 0.25) is 5.02 Å². The Morgan fingerprint density at radius 3 is 2.57 bits per heavy atom. The number of halogens is 4. The van der Waals surface area contributed by atoms with Crippen LogP contribution in [-0.2, 0) is 9.59 Å². The molecule has 0 spiro atoms. The lowest BCUT2D eigenvalue weighted by molar-refractivity contribution is -0.121. The summed E-state index contributed by atoms with van der Waals surface area (Å²) in [5.41, 5.74) is 2.34. The first-order valence-corrected chi connectivity index (χ1v) is 12.4. The maximum Gasteiger partial charge on any atom is 0.262 e. The minimum Gasteiger partial charge on any atom is -0.326 e. The summed E-state index contributed by atoms with van der Waals surface area (Å²) in [6.45, 7) is 0. The first kappa shape index (κ1) is 25.0. The second-order valence-corrected chi connectivity index (χ2v) is 10.00.